The lowest BCUT2D eigenvalue weighted by atomic mass is 10.0. The molecule has 3 N–H and O–H groups in total. The molecule has 0 spiro atoms. The third kappa shape index (κ3) is 4.99. The second-order valence-electron chi connectivity index (χ2n) is 6.38. The molecule has 2 aromatic rings. The van der Waals surface area contributed by atoms with Gasteiger partial charge in [-0.2, -0.15) is 0 Å². The summed E-state index contributed by atoms with van der Waals surface area (Å²) >= 11 is 0. The summed E-state index contributed by atoms with van der Waals surface area (Å²) in [5.41, 5.74) is 7.82. The number of amides is 3. The monoisotopic (exact) mass is 355 g/mol. The van der Waals surface area contributed by atoms with Gasteiger partial charge in [0.2, 0.25) is 5.91 Å². The van der Waals surface area contributed by atoms with Crippen LogP contribution in [0.3, 0.4) is 0 Å². The zero-order valence-electron chi connectivity index (χ0n) is 15.5. The Morgan fingerprint density at radius 3 is 2.27 bits per heavy atom. The summed E-state index contributed by atoms with van der Waals surface area (Å²) in [6.07, 6.45) is -0.615. The number of urea groups is 1. The highest BCUT2D eigenvalue weighted by molar-refractivity contribution is 6.13. The normalized spacial score (nSPS) is 11.7. The maximum atomic E-state index is 12.5. The number of nitrogens with zero attached hydrogens (tertiary/aromatic N) is 1. The van der Waals surface area contributed by atoms with Crippen molar-refractivity contribution in [2.45, 2.75) is 39.8 Å². The molecule has 138 valence electrons. The van der Waals surface area contributed by atoms with E-state index in [-0.39, 0.29) is 0 Å². The summed E-state index contributed by atoms with van der Waals surface area (Å²) in [5.74, 6) is 0.658. The summed E-state index contributed by atoms with van der Waals surface area (Å²) in [6, 6.07) is 13.7. The Bertz CT molecular complexity index is 772. The highest BCUT2D eigenvalue weighted by atomic mass is 16.5. The zero-order chi connectivity index (χ0) is 19.3. The number of carbonyl (C=O) groups is 2. The van der Waals surface area contributed by atoms with Crippen molar-refractivity contribution in [3.63, 3.8) is 0 Å². The van der Waals surface area contributed by atoms with Gasteiger partial charge in [-0.25, -0.2) is 9.69 Å². The van der Waals surface area contributed by atoms with E-state index in [9.17, 15) is 9.59 Å². The SMILES string of the molecule is CC(=O)N(C(=O)NC(C)Oc1ccc(C(C)C)cc1)c1cccc(N)c1. The number of anilines is 2. The van der Waals surface area contributed by atoms with Crippen molar-refractivity contribution in [3.05, 3.63) is 54.1 Å². The van der Waals surface area contributed by atoms with Crippen molar-refractivity contribution in [1.29, 1.82) is 0 Å². The second-order valence-corrected chi connectivity index (χ2v) is 6.38. The molecule has 6 heteroatoms. The molecule has 0 fully saturated rings. The summed E-state index contributed by atoms with van der Waals surface area (Å²) in [4.78, 5) is 25.5. The molecular weight excluding hydrogens is 330 g/mol. The van der Waals surface area contributed by atoms with Crippen molar-refractivity contribution in [2.75, 3.05) is 10.6 Å². The number of benzene rings is 2. The van der Waals surface area contributed by atoms with Crippen LogP contribution in [0.1, 0.15) is 39.2 Å². The van der Waals surface area contributed by atoms with Crippen molar-refractivity contribution >= 4 is 23.3 Å². The third-order valence-electron chi connectivity index (χ3n) is 3.83. The van der Waals surface area contributed by atoms with Crippen molar-refractivity contribution in [2.24, 2.45) is 0 Å². The predicted octanol–water partition coefficient (Wildman–Crippen LogP) is 3.88. The smallest absolute Gasteiger partial charge is 0.331 e. The van der Waals surface area contributed by atoms with E-state index in [1.165, 1.54) is 12.5 Å². The van der Waals surface area contributed by atoms with Crippen LogP contribution in [0.4, 0.5) is 16.2 Å². The fraction of sp³-hybridized carbons (Fsp3) is 0.300. The Morgan fingerprint density at radius 1 is 1.08 bits per heavy atom. The van der Waals surface area contributed by atoms with Crippen LogP contribution in [0.2, 0.25) is 0 Å². The second kappa shape index (κ2) is 8.38. The molecule has 0 radical (unpaired) electrons. The molecule has 0 saturated carbocycles. The lowest BCUT2D eigenvalue weighted by Gasteiger charge is -2.23. The fourth-order valence-corrected chi connectivity index (χ4v) is 2.51. The van der Waals surface area contributed by atoms with E-state index in [1.54, 1.807) is 31.2 Å². The van der Waals surface area contributed by atoms with E-state index in [1.807, 2.05) is 24.3 Å². The lowest BCUT2D eigenvalue weighted by Crippen LogP contribution is -2.48. The molecule has 1 unspecified atom stereocenters. The van der Waals surface area contributed by atoms with E-state index in [2.05, 4.69) is 19.2 Å². The number of ether oxygens (including phenoxy) is 1. The largest absolute Gasteiger partial charge is 0.471 e. The van der Waals surface area contributed by atoms with Gasteiger partial charge in [0.1, 0.15) is 5.75 Å². The quantitative estimate of drug-likeness (QED) is 0.630. The molecule has 0 aromatic heterocycles. The number of hydrogen-bond acceptors (Lipinski definition) is 4. The first-order valence-corrected chi connectivity index (χ1v) is 8.51. The van der Waals surface area contributed by atoms with Gasteiger partial charge in [-0.15, -0.1) is 0 Å². The molecule has 3 amide bonds. The summed E-state index contributed by atoms with van der Waals surface area (Å²) < 4.78 is 5.71. The lowest BCUT2D eigenvalue weighted by molar-refractivity contribution is -0.115. The Hall–Kier alpha value is -3.02. The first-order chi connectivity index (χ1) is 12.3. The molecule has 26 heavy (non-hydrogen) atoms. The molecule has 1 atom stereocenters. The first kappa shape index (κ1) is 19.3. The third-order valence-corrected chi connectivity index (χ3v) is 3.83. The van der Waals surface area contributed by atoms with Gasteiger partial charge in [-0.05, 0) is 48.7 Å². The summed E-state index contributed by atoms with van der Waals surface area (Å²) in [7, 11) is 0. The number of nitrogens with two attached hydrogens (primary N) is 1. The van der Waals surface area contributed by atoms with Gasteiger partial charge < -0.3 is 15.8 Å². The van der Waals surface area contributed by atoms with Crippen LogP contribution in [0.15, 0.2) is 48.5 Å². The Balaban J connectivity index is 2.05. The Labute approximate surface area is 153 Å². The fourth-order valence-electron chi connectivity index (χ4n) is 2.51. The van der Waals surface area contributed by atoms with E-state index in [0.29, 0.717) is 23.0 Å². The van der Waals surface area contributed by atoms with Crippen LogP contribution in [0.25, 0.3) is 0 Å². The van der Waals surface area contributed by atoms with E-state index < -0.39 is 18.2 Å². The highest BCUT2D eigenvalue weighted by Gasteiger charge is 2.22. The van der Waals surface area contributed by atoms with Crippen LogP contribution >= 0.6 is 0 Å². The molecule has 0 bridgehead atoms. The number of imide groups is 1. The van der Waals surface area contributed by atoms with Gasteiger partial charge in [0.05, 0.1) is 5.69 Å². The minimum absolute atomic E-state index is 0.406. The van der Waals surface area contributed by atoms with Gasteiger partial charge in [0.25, 0.3) is 0 Å². The Kier molecular flexibility index (Phi) is 6.22. The topological polar surface area (TPSA) is 84.7 Å². The van der Waals surface area contributed by atoms with E-state index in [0.717, 1.165) is 4.90 Å². The summed E-state index contributed by atoms with van der Waals surface area (Å²) in [6.45, 7) is 7.25. The molecule has 0 aliphatic heterocycles. The van der Waals surface area contributed by atoms with Crippen LogP contribution < -0.4 is 20.7 Å². The number of hydrogen-bond donors (Lipinski definition) is 2. The van der Waals surface area contributed by atoms with Gasteiger partial charge in [0.15, 0.2) is 6.23 Å². The van der Waals surface area contributed by atoms with Gasteiger partial charge in [-0.3, -0.25) is 4.79 Å². The highest BCUT2D eigenvalue weighted by Crippen LogP contribution is 2.20. The van der Waals surface area contributed by atoms with Crippen LogP contribution in [-0.4, -0.2) is 18.2 Å². The maximum absolute atomic E-state index is 12.5. The molecule has 0 aliphatic carbocycles. The van der Waals surface area contributed by atoms with Gasteiger partial charge in [-0.1, -0.05) is 32.0 Å². The predicted molar refractivity (Wildman–Crippen MR) is 103 cm³/mol. The summed E-state index contributed by atoms with van der Waals surface area (Å²) in [5, 5.41) is 2.67. The zero-order valence-corrected chi connectivity index (χ0v) is 15.5. The molecular formula is C20H25N3O3. The van der Waals surface area contributed by atoms with Crippen molar-refractivity contribution in [1.82, 2.24) is 5.32 Å². The molecule has 6 nitrogen and oxygen atoms in total. The average molecular weight is 355 g/mol. The van der Waals surface area contributed by atoms with E-state index >= 15 is 0 Å². The van der Waals surface area contributed by atoms with Gasteiger partial charge >= 0.3 is 6.03 Å². The Morgan fingerprint density at radius 2 is 1.73 bits per heavy atom. The molecule has 0 saturated heterocycles. The average Bonchev–Trinajstić information content (AvgIpc) is 2.55. The van der Waals surface area contributed by atoms with Crippen LogP contribution in [0.5, 0.6) is 5.75 Å². The number of nitrogens with one attached hydrogen (secondary N) is 1. The first-order valence-electron chi connectivity index (χ1n) is 8.51. The number of rotatable bonds is 5. The molecule has 2 rings (SSSR count). The minimum Gasteiger partial charge on any atom is -0.471 e. The molecule has 0 heterocycles. The van der Waals surface area contributed by atoms with Crippen LogP contribution in [-0.2, 0) is 4.79 Å². The standard InChI is InChI=1S/C20H25N3O3/c1-13(2)16-8-10-19(11-9-16)26-14(3)22-20(25)23(15(4)24)18-7-5-6-17(21)12-18/h5-14H,21H2,1-4H3,(H,22,25). The maximum Gasteiger partial charge on any atom is 0.331 e. The van der Waals surface area contributed by atoms with Crippen molar-refractivity contribution < 1.29 is 14.3 Å². The number of nitrogen functional groups attached to an aromatic ring is 1. The molecule has 2 aromatic carbocycles. The van der Waals surface area contributed by atoms with Crippen LogP contribution in [0, 0.1) is 0 Å². The van der Waals surface area contributed by atoms with Crippen molar-refractivity contribution in [3.8, 4) is 5.75 Å². The number of carbonyl (C=O) groups excluding carboxylic acids is 2. The minimum atomic E-state index is -0.615. The van der Waals surface area contributed by atoms with E-state index in [4.69, 9.17) is 10.5 Å². The molecule has 0 aliphatic rings. The van der Waals surface area contributed by atoms with Gasteiger partial charge in [0, 0.05) is 12.6 Å².